The first-order chi connectivity index (χ1) is 8.99. The summed E-state index contributed by atoms with van der Waals surface area (Å²) in [5, 5.41) is 21.6. The predicted molar refractivity (Wildman–Crippen MR) is 74.8 cm³/mol. The Morgan fingerprint density at radius 2 is 2.21 bits per heavy atom. The smallest absolute Gasteiger partial charge is 0.172 e. The van der Waals surface area contributed by atoms with Crippen molar-refractivity contribution in [3.8, 4) is 0 Å². The molecule has 0 amide bonds. The SMILES string of the molecule is COCC(O)CN(C)c1cc(C)ccc1C(N)=NO. The second kappa shape index (κ2) is 6.96. The zero-order valence-corrected chi connectivity index (χ0v) is 11.5. The summed E-state index contributed by atoms with van der Waals surface area (Å²) in [6.07, 6.45) is -0.601. The van der Waals surface area contributed by atoms with E-state index in [1.165, 1.54) is 7.11 Å². The zero-order chi connectivity index (χ0) is 14.4. The summed E-state index contributed by atoms with van der Waals surface area (Å²) in [5.74, 6) is 0.0445. The van der Waals surface area contributed by atoms with Gasteiger partial charge >= 0.3 is 0 Å². The molecular formula is C13H21N3O3. The third-order valence-electron chi connectivity index (χ3n) is 2.79. The Bertz CT molecular complexity index is 449. The summed E-state index contributed by atoms with van der Waals surface area (Å²) in [7, 11) is 3.37. The van der Waals surface area contributed by atoms with E-state index >= 15 is 0 Å². The molecule has 1 atom stereocenters. The number of aliphatic hydroxyl groups excluding tert-OH is 1. The van der Waals surface area contributed by atoms with E-state index in [0.717, 1.165) is 11.3 Å². The number of likely N-dealkylation sites (N-methyl/N-ethyl adjacent to an activating group) is 1. The molecule has 1 rings (SSSR count). The number of nitrogens with two attached hydrogens (primary N) is 1. The molecule has 0 saturated carbocycles. The van der Waals surface area contributed by atoms with Crippen LogP contribution in [0.4, 0.5) is 5.69 Å². The van der Waals surface area contributed by atoms with Crippen molar-refractivity contribution >= 4 is 11.5 Å². The molecule has 0 saturated heterocycles. The lowest BCUT2D eigenvalue weighted by atomic mass is 10.1. The Morgan fingerprint density at radius 1 is 1.53 bits per heavy atom. The number of ether oxygens (including phenoxy) is 1. The van der Waals surface area contributed by atoms with Crippen LogP contribution in [0.3, 0.4) is 0 Å². The fraction of sp³-hybridized carbons (Fsp3) is 0.462. The molecule has 1 aromatic rings. The molecule has 4 N–H and O–H groups in total. The van der Waals surface area contributed by atoms with Gasteiger partial charge in [0.05, 0.1) is 12.7 Å². The van der Waals surface area contributed by atoms with Gasteiger partial charge in [-0.1, -0.05) is 11.2 Å². The first-order valence-electron chi connectivity index (χ1n) is 5.96. The number of hydrogen-bond acceptors (Lipinski definition) is 5. The van der Waals surface area contributed by atoms with Crippen LogP contribution in [0.5, 0.6) is 0 Å². The number of anilines is 1. The first kappa shape index (κ1) is 15.3. The van der Waals surface area contributed by atoms with Crippen LogP contribution in [-0.2, 0) is 4.74 Å². The maximum absolute atomic E-state index is 9.76. The predicted octanol–water partition coefficient (Wildman–Crippen LogP) is 0.533. The van der Waals surface area contributed by atoms with E-state index in [2.05, 4.69) is 5.16 Å². The third-order valence-corrected chi connectivity index (χ3v) is 2.79. The van der Waals surface area contributed by atoms with Gasteiger partial charge in [0.2, 0.25) is 0 Å². The monoisotopic (exact) mass is 267 g/mol. The van der Waals surface area contributed by atoms with Crippen LogP contribution in [0.2, 0.25) is 0 Å². The maximum atomic E-state index is 9.76. The molecule has 0 heterocycles. The van der Waals surface area contributed by atoms with Gasteiger partial charge in [0, 0.05) is 32.0 Å². The molecule has 0 aromatic heterocycles. The number of amidine groups is 1. The highest BCUT2D eigenvalue weighted by molar-refractivity contribution is 6.02. The van der Waals surface area contributed by atoms with Gasteiger partial charge in [-0.2, -0.15) is 0 Å². The number of nitrogens with zero attached hydrogens (tertiary/aromatic N) is 2. The van der Waals surface area contributed by atoms with Gasteiger partial charge in [0.15, 0.2) is 5.84 Å². The van der Waals surface area contributed by atoms with Crippen molar-refractivity contribution in [2.75, 3.05) is 32.2 Å². The number of hydrogen-bond donors (Lipinski definition) is 3. The van der Waals surface area contributed by atoms with Gasteiger partial charge in [0.1, 0.15) is 0 Å². The van der Waals surface area contributed by atoms with Crippen LogP contribution >= 0.6 is 0 Å². The Kier molecular flexibility index (Phi) is 5.59. The minimum absolute atomic E-state index is 0.0445. The van der Waals surface area contributed by atoms with E-state index < -0.39 is 6.10 Å². The molecule has 0 aliphatic rings. The summed E-state index contributed by atoms with van der Waals surface area (Å²) in [6.45, 7) is 2.61. The van der Waals surface area contributed by atoms with Crippen molar-refractivity contribution in [3.05, 3.63) is 29.3 Å². The molecule has 1 unspecified atom stereocenters. The van der Waals surface area contributed by atoms with Crippen molar-refractivity contribution in [3.63, 3.8) is 0 Å². The Hall–Kier alpha value is -1.79. The molecule has 0 bridgehead atoms. The highest BCUT2D eigenvalue weighted by Crippen LogP contribution is 2.21. The van der Waals surface area contributed by atoms with Crippen LogP contribution in [-0.4, -0.2) is 49.6 Å². The van der Waals surface area contributed by atoms with E-state index in [9.17, 15) is 5.11 Å². The van der Waals surface area contributed by atoms with Crippen molar-refractivity contribution in [2.24, 2.45) is 10.9 Å². The first-order valence-corrected chi connectivity index (χ1v) is 5.96. The number of oxime groups is 1. The molecule has 19 heavy (non-hydrogen) atoms. The lowest BCUT2D eigenvalue weighted by Crippen LogP contribution is -2.33. The second-order valence-corrected chi connectivity index (χ2v) is 4.50. The Balaban J connectivity index is 3.00. The van der Waals surface area contributed by atoms with Gasteiger partial charge in [-0.05, 0) is 24.6 Å². The van der Waals surface area contributed by atoms with Crippen LogP contribution < -0.4 is 10.6 Å². The van der Waals surface area contributed by atoms with Crippen LogP contribution in [0, 0.1) is 6.92 Å². The minimum atomic E-state index is -0.601. The Morgan fingerprint density at radius 3 is 2.79 bits per heavy atom. The van der Waals surface area contributed by atoms with Crippen molar-refractivity contribution in [2.45, 2.75) is 13.0 Å². The molecule has 0 aliphatic heterocycles. The lowest BCUT2D eigenvalue weighted by molar-refractivity contribution is 0.0695. The van der Waals surface area contributed by atoms with Crippen molar-refractivity contribution in [1.82, 2.24) is 0 Å². The molecule has 6 nitrogen and oxygen atoms in total. The summed E-state index contributed by atoms with van der Waals surface area (Å²) < 4.78 is 4.90. The number of methoxy groups -OCH3 is 1. The fourth-order valence-electron chi connectivity index (χ4n) is 1.89. The summed E-state index contributed by atoms with van der Waals surface area (Å²) in [6, 6.07) is 5.60. The second-order valence-electron chi connectivity index (χ2n) is 4.50. The van der Waals surface area contributed by atoms with Gasteiger partial charge in [-0.15, -0.1) is 0 Å². The quantitative estimate of drug-likeness (QED) is 0.303. The van der Waals surface area contributed by atoms with E-state index in [-0.39, 0.29) is 12.4 Å². The van der Waals surface area contributed by atoms with Crippen LogP contribution in [0.25, 0.3) is 0 Å². The fourth-order valence-corrected chi connectivity index (χ4v) is 1.89. The third kappa shape index (κ3) is 4.11. The zero-order valence-electron chi connectivity index (χ0n) is 11.5. The van der Waals surface area contributed by atoms with Crippen molar-refractivity contribution in [1.29, 1.82) is 0 Å². The average molecular weight is 267 g/mol. The molecule has 0 aliphatic carbocycles. The molecule has 106 valence electrons. The molecule has 0 radical (unpaired) electrons. The normalized spacial score (nSPS) is 13.4. The number of benzene rings is 1. The topological polar surface area (TPSA) is 91.3 Å². The molecule has 0 spiro atoms. The largest absolute Gasteiger partial charge is 0.409 e. The highest BCUT2D eigenvalue weighted by Gasteiger charge is 2.14. The maximum Gasteiger partial charge on any atom is 0.172 e. The lowest BCUT2D eigenvalue weighted by Gasteiger charge is -2.25. The molecular weight excluding hydrogens is 246 g/mol. The van der Waals surface area contributed by atoms with Gasteiger partial charge in [-0.3, -0.25) is 0 Å². The molecule has 0 fully saturated rings. The molecule has 6 heteroatoms. The van der Waals surface area contributed by atoms with Crippen LogP contribution in [0.1, 0.15) is 11.1 Å². The van der Waals surface area contributed by atoms with Gasteiger partial charge in [0.25, 0.3) is 0 Å². The van der Waals surface area contributed by atoms with E-state index in [1.807, 2.05) is 31.0 Å². The minimum Gasteiger partial charge on any atom is -0.409 e. The summed E-state index contributed by atoms with van der Waals surface area (Å²) in [4.78, 5) is 1.85. The van der Waals surface area contributed by atoms with Gasteiger partial charge in [-0.25, -0.2) is 0 Å². The molecule has 1 aromatic carbocycles. The number of aliphatic hydroxyl groups is 1. The van der Waals surface area contributed by atoms with E-state index in [1.54, 1.807) is 6.07 Å². The number of aryl methyl sites for hydroxylation is 1. The summed E-state index contributed by atoms with van der Waals surface area (Å²) in [5.41, 5.74) is 8.13. The van der Waals surface area contributed by atoms with Gasteiger partial charge < -0.3 is 25.7 Å². The summed E-state index contributed by atoms with van der Waals surface area (Å²) >= 11 is 0. The van der Waals surface area contributed by atoms with Crippen molar-refractivity contribution < 1.29 is 15.1 Å². The van der Waals surface area contributed by atoms with Crippen LogP contribution in [0.15, 0.2) is 23.4 Å². The standard InChI is InChI=1S/C13H21N3O3/c1-9-4-5-11(13(14)15-18)12(6-9)16(2)7-10(17)8-19-3/h4-6,10,17-18H,7-8H2,1-3H3,(H2,14,15). The average Bonchev–Trinajstić information content (AvgIpc) is 2.37. The Labute approximate surface area is 113 Å². The number of rotatable bonds is 6. The highest BCUT2D eigenvalue weighted by atomic mass is 16.5. The van der Waals surface area contributed by atoms with E-state index in [0.29, 0.717) is 12.1 Å². The van der Waals surface area contributed by atoms with E-state index in [4.69, 9.17) is 15.7 Å².